The Morgan fingerprint density at radius 1 is 1.13 bits per heavy atom. The van der Waals surface area contributed by atoms with E-state index in [1.165, 1.54) is 6.33 Å². The van der Waals surface area contributed by atoms with Gasteiger partial charge in [-0.3, -0.25) is 4.98 Å². The number of amides is 1. The number of carboxylic acid groups (broad SMARTS) is 1. The molecule has 1 aromatic carbocycles. The monoisotopic (exact) mass is 533 g/mol. The number of carbonyl (C=O) groups excluding carboxylic acids is 1. The van der Waals surface area contributed by atoms with Crippen LogP contribution in [0.4, 0.5) is 16.4 Å². The van der Waals surface area contributed by atoms with Crippen molar-refractivity contribution >= 4 is 23.7 Å². The first-order valence-corrected chi connectivity index (χ1v) is 13.2. The van der Waals surface area contributed by atoms with Gasteiger partial charge in [0.05, 0.1) is 0 Å². The highest BCUT2D eigenvalue weighted by Crippen LogP contribution is 2.33. The van der Waals surface area contributed by atoms with Gasteiger partial charge in [0, 0.05) is 49.6 Å². The fourth-order valence-corrected chi connectivity index (χ4v) is 4.82. The largest absolute Gasteiger partial charge is 0.480 e. The fraction of sp³-hybridized carbons (Fsp3) is 0.393. The van der Waals surface area contributed by atoms with Crippen molar-refractivity contribution < 1.29 is 19.4 Å². The molecule has 1 aliphatic rings. The van der Waals surface area contributed by atoms with E-state index < -0.39 is 18.1 Å². The number of aliphatic carboxylic acids is 1. The number of pyridine rings is 1. The van der Waals surface area contributed by atoms with Crippen molar-refractivity contribution in [1.82, 2.24) is 20.3 Å². The number of ether oxygens (including phenoxy) is 1. The van der Waals surface area contributed by atoms with Gasteiger partial charge < -0.3 is 31.1 Å². The number of hydrogen-bond donors (Lipinski definition) is 4. The molecule has 0 saturated carbocycles. The summed E-state index contributed by atoms with van der Waals surface area (Å²) in [6.07, 6.45) is 5.00. The highest BCUT2D eigenvalue weighted by atomic mass is 16.5. The standard InChI is InChI=1S/C28H35N7O4/c1-2-22-25(31-16-23(27(36)37)34-28(38)39-17-19-7-4-3-5-8-19)32-18-33-26(22)35-13-10-20(11-14-35)24-21(15-29)9-6-12-30-24/h3-9,12,18,20,23H,2,10-11,13-17,29H2,1H3,(H,34,38)(H,36,37)(H,31,32,33)/t23-/m0/s1. The summed E-state index contributed by atoms with van der Waals surface area (Å²) in [4.78, 5) is 39.8. The van der Waals surface area contributed by atoms with E-state index in [-0.39, 0.29) is 13.2 Å². The average Bonchev–Trinajstić information content (AvgIpc) is 2.98. The van der Waals surface area contributed by atoms with Crippen LogP contribution in [0.2, 0.25) is 0 Å². The predicted octanol–water partition coefficient (Wildman–Crippen LogP) is 3.07. The van der Waals surface area contributed by atoms with Crippen LogP contribution in [0.5, 0.6) is 0 Å². The second kappa shape index (κ2) is 13.5. The van der Waals surface area contributed by atoms with Crippen LogP contribution in [0.3, 0.4) is 0 Å². The number of nitrogens with two attached hydrogens (primary N) is 1. The first-order chi connectivity index (χ1) is 19.0. The molecular weight excluding hydrogens is 498 g/mol. The molecule has 1 saturated heterocycles. The molecular formula is C28H35N7O4. The average molecular weight is 534 g/mol. The Bertz CT molecular complexity index is 1250. The smallest absolute Gasteiger partial charge is 0.408 e. The van der Waals surface area contributed by atoms with E-state index in [4.69, 9.17) is 10.5 Å². The zero-order chi connectivity index (χ0) is 27.6. The van der Waals surface area contributed by atoms with Crippen molar-refractivity contribution in [2.24, 2.45) is 5.73 Å². The predicted molar refractivity (Wildman–Crippen MR) is 147 cm³/mol. The minimum absolute atomic E-state index is 0.0479. The molecule has 11 heteroatoms. The van der Waals surface area contributed by atoms with Gasteiger partial charge in [-0.25, -0.2) is 19.6 Å². The van der Waals surface area contributed by atoms with Gasteiger partial charge in [0.15, 0.2) is 0 Å². The number of aromatic nitrogens is 3. The van der Waals surface area contributed by atoms with Crippen molar-refractivity contribution in [3.8, 4) is 0 Å². The minimum Gasteiger partial charge on any atom is -0.480 e. The van der Waals surface area contributed by atoms with E-state index in [0.717, 1.165) is 54.1 Å². The molecule has 4 rings (SSSR count). The SMILES string of the molecule is CCc1c(NC[C@H](NC(=O)OCc2ccccc2)C(=O)O)ncnc1N1CCC(c2ncccc2CN)CC1. The number of alkyl carbamates (subject to hydrolysis) is 1. The topological polar surface area (TPSA) is 156 Å². The third-order valence-electron chi connectivity index (χ3n) is 6.88. The molecule has 39 heavy (non-hydrogen) atoms. The van der Waals surface area contributed by atoms with E-state index in [9.17, 15) is 14.7 Å². The van der Waals surface area contributed by atoms with Gasteiger partial charge in [-0.05, 0) is 36.5 Å². The molecule has 1 fully saturated rings. The number of nitrogens with zero attached hydrogens (tertiary/aromatic N) is 4. The maximum absolute atomic E-state index is 12.2. The first kappa shape index (κ1) is 27.8. The Labute approximate surface area is 227 Å². The summed E-state index contributed by atoms with van der Waals surface area (Å²) in [6.45, 7) is 4.08. The normalized spacial score (nSPS) is 14.5. The molecule has 0 radical (unpaired) electrons. The quantitative estimate of drug-likeness (QED) is 0.289. The van der Waals surface area contributed by atoms with E-state index in [0.29, 0.717) is 24.7 Å². The molecule has 1 amide bonds. The number of nitrogens with one attached hydrogen (secondary N) is 2. The summed E-state index contributed by atoms with van der Waals surface area (Å²) in [5, 5.41) is 15.2. The number of carbonyl (C=O) groups is 2. The van der Waals surface area contributed by atoms with Gasteiger partial charge in [-0.2, -0.15) is 0 Å². The van der Waals surface area contributed by atoms with E-state index >= 15 is 0 Å². The van der Waals surface area contributed by atoms with E-state index in [1.54, 1.807) is 0 Å². The van der Waals surface area contributed by atoms with Crippen LogP contribution < -0.4 is 21.3 Å². The molecule has 1 atom stereocenters. The highest BCUT2D eigenvalue weighted by molar-refractivity contribution is 5.80. The first-order valence-electron chi connectivity index (χ1n) is 13.2. The maximum Gasteiger partial charge on any atom is 0.408 e. The Hall–Kier alpha value is -4.25. The molecule has 206 valence electrons. The number of anilines is 2. The zero-order valence-corrected chi connectivity index (χ0v) is 22.0. The van der Waals surface area contributed by atoms with Crippen molar-refractivity contribution in [2.45, 2.75) is 51.3 Å². The summed E-state index contributed by atoms with van der Waals surface area (Å²) >= 11 is 0. The molecule has 0 bridgehead atoms. The fourth-order valence-electron chi connectivity index (χ4n) is 4.82. The lowest BCUT2D eigenvalue weighted by Gasteiger charge is -2.34. The Morgan fingerprint density at radius 2 is 1.90 bits per heavy atom. The lowest BCUT2D eigenvalue weighted by atomic mass is 9.90. The minimum atomic E-state index is -1.21. The Morgan fingerprint density at radius 3 is 2.59 bits per heavy atom. The van der Waals surface area contributed by atoms with Gasteiger partial charge in [-0.1, -0.05) is 43.3 Å². The second-order valence-electron chi connectivity index (χ2n) is 9.37. The summed E-state index contributed by atoms with van der Waals surface area (Å²) in [6, 6.07) is 11.9. The van der Waals surface area contributed by atoms with Crippen molar-refractivity contribution in [3.05, 3.63) is 77.4 Å². The van der Waals surface area contributed by atoms with Crippen LogP contribution in [0, 0.1) is 0 Å². The molecule has 0 spiro atoms. The number of carboxylic acids is 1. The van der Waals surface area contributed by atoms with E-state index in [2.05, 4.69) is 30.5 Å². The van der Waals surface area contributed by atoms with Gasteiger partial charge in [0.1, 0.15) is 30.6 Å². The van der Waals surface area contributed by atoms with Crippen LogP contribution in [0.15, 0.2) is 55.0 Å². The summed E-state index contributed by atoms with van der Waals surface area (Å²) < 4.78 is 5.17. The van der Waals surface area contributed by atoms with Crippen molar-refractivity contribution in [3.63, 3.8) is 0 Å². The molecule has 0 aliphatic carbocycles. The van der Waals surface area contributed by atoms with Crippen LogP contribution in [0.1, 0.15) is 48.1 Å². The van der Waals surface area contributed by atoms with Crippen LogP contribution in [0.25, 0.3) is 0 Å². The van der Waals surface area contributed by atoms with Gasteiger partial charge in [-0.15, -0.1) is 0 Å². The molecule has 2 aromatic heterocycles. The van der Waals surface area contributed by atoms with Gasteiger partial charge in [0.2, 0.25) is 0 Å². The van der Waals surface area contributed by atoms with Gasteiger partial charge in [0.25, 0.3) is 0 Å². The highest BCUT2D eigenvalue weighted by Gasteiger charge is 2.27. The lowest BCUT2D eigenvalue weighted by Crippen LogP contribution is -2.45. The molecule has 3 heterocycles. The molecule has 5 N–H and O–H groups in total. The van der Waals surface area contributed by atoms with Crippen molar-refractivity contribution in [1.29, 1.82) is 0 Å². The number of rotatable bonds is 11. The third kappa shape index (κ3) is 7.20. The van der Waals surface area contributed by atoms with Crippen molar-refractivity contribution in [2.75, 3.05) is 29.9 Å². The summed E-state index contributed by atoms with van der Waals surface area (Å²) in [5.41, 5.74) is 9.79. The summed E-state index contributed by atoms with van der Waals surface area (Å²) in [7, 11) is 0. The summed E-state index contributed by atoms with van der Waals surface area (Å²) in [5.74, 6) is 0.538. The van der Waals surface area contributed by atoms with Crippen LogP contribution in [-0.4, -0.2) is 57.8 Å². The number of piperidine rings is 1. The van der Waals surface area contributed by atoms with Crippen LogP contribution in [-0.2, 0) is 29.1 Å². The maximum atomic E-state index is 12.2. The molecule has 1 aliphatic heterocycles. The lowest BCUT2D eigenvalue weighted by molar-refractivity contribution is -0.139. The molecule has 11 nitrogen and oxygen atoms in total. The second-order valence-corrected chi connectivity index (χ2v) is 9.37. The number of hydrogen-bond acceptors (Lipinski definition) is 9. The molecule has 0 unspecified atom stereocenters. The van der Waals surface area contributed by atoms with E-state index in [1.807, 2.05) is 55.6 Å². The van der Waals surface area contributed by atoms with Gasteiger partial charge >= 0.3 is 12.1 Å². The zero-order valence-electron chi connectivity index (χ0n) is 22.0. The number of benzene rings is 1. The molecule has 3 aromatic rings. The Kier molecular flexibility index (Phi) is 9.63. The Balaban J connectivity index is 1.37. The van der Waals surface area contributed by atoms with Crippen LogP contribution >= 0.6 is 0 Å². The third-order valence-corrected chi connectivity index (χ3v) is 6.88.